The third-order valence-corrected chi connectivity index (χ3v) is 8.44. The van der Waals surface area contributed by atoms with Gasteiger partial charge in [-0.25, -0.2) is 8.42 Å². The van der Waals surface area contributed by atoms with E-state index in [-0.39, 0.29) is 30.8 Å². The minimum Gasteiger partial charge on any atom is -0.352 e. The lowest BCUT2D eigenvalue weighted by atomic mass is 9.95. The second kappa shape index (κ2) is 13.8. The molecule has 1 fully saturated rings. The fourth-order valence-electron chi connectivity index (χ4n) is 5.24. The normalized spacial score (nSPS) is 15.1. The SMILES string of the molecule is Cc1cc(C)cc(N(CCCC(=O)N(CCc2ccccc2)[C@@H](C)C(=O)NC2CCCCC2)S(C)(=O)=O)c1. The van der Waals surface area contributed by atoms with E-state index in [0.717, 1.165) is 42.4 Å². The zero-order chi connectivity index (χ0) is 27.7. The quantitative estimate of drug-likeness (QED) is 0.420. The smallest absolute Gasteiger partial charge is 0.242 e. The van der Waals surface area contributed by atoms with E-state index in [9.17, 15) is 18.0 Å². The fourth-order valence-corrected chi connectivity index (χ4v) is 6.19. The number of hydrogen-bond acceptors (Lipinski definition) is 4. The molecular formula is C30H43N3O4S. The molecule has 38 heavy (non-hydrogen) atoms. The van der Waals surface area contributed by atoms with E-state index in [2.05, 4.69) is 5.32 Å². The van der Waals surface area contributed by atoms with Gasteiger partial charge in [0.05, 0.1) is 11.9 Å². The molecule has 2 aromatic rings. The Kier molecular flexibility index (Phi) is 10.8. The summed E-state index contributed by atoms with van der Waals surface area (Å²) in [4.78, 5) is 28.3. The predicted molar refractivity (Wildman–Crippen MR) is 154 cm³/mol. The van der Waals surface area contributed by atoms with Crippen LogP contribution in [-0.4, -0.2) is 56.6 Å². The Morgan fingerprint density at radius 3 is 2.21 bits per heavy atom. The van der Waals surface area contributed by atoms with Gasteiger partial charge >= 0.3 is 0 Å². The Balaban J connectivity index is 1.69. The molecule has 0 bridgehead atoms. The highest BCUT2D eigenvalue weighted by atomic mass is 32.2. The molecule has 1 saturated carbocycles. The van der Waals surface area contributed by atoms with Crippen molar-refractivity contribution >= 4 is 27.5 Å². The minimum absolute atomic E-state index is 0.119. The molecule has 2 amide bonds. The maximum atomic E-state index is 13.5. The summed E-state index contributed by atoms with van der Waals surface area (Å²) in [5.41, 5.74) is 3.67. The van der Waals surface area contributed by atoms with E-state index < -0.39 is 16.1 Å². The molecule has 1 aliphatic carbocycles. The highest BCUT2D eigenvalue weighted by Gasteiger charge is 2.28. The Morgan fingerprint density at radius 1 is 0.974 bits per heavy atom. The zero-order valence-corrected chi connectivity index (χ0v) is 24.1. The molecule has 0 unspecified atom stereocenters. The van der Waals surface area contributed by atoms with Gasteiger partial charge in [-0.2, -0.15) is 0 Å². The molecule has 1 atom stereocenters. The standard InChI is InChI=1S/C30H43N3O4S/c1-23-20-24(2)22-28(21-23)33(38(4,36)37)18-11-16-29(34)32(19-17-26-12-7-5-8-13-26)25(3)30(35)31-27-14-9-6-10-15-27/h5,7-8,12-13,20-22,25,27H,6,9-11,14-19H2,1-4H3,(H,31,35)/t25-/m0/s1. The number of benzene rings is 2. The van der Waals surface area contributed by atoms with Crippen LogP contribution < -0.4 is 9.62 Å². The summed E-state index contributed by atoms with van der Waals surface area (Å²) in [6.07, 6.45) is 7.76. The van der Waals surface area contributed by atoms with Crippen LogP contribution in [0.3, 0.4) is 0 Å². The van der Waals surface area contributed by atoms with Crippen LogP contribution in [0.2, 0.25) is 0 Å². The number of rotatable bonds is 12. The summed E-state index contributed by atoms with van der Waals surface area (Å²) < 4.78 is 26.5. The predicted octanol–water partition coefficient (Wildman–Crippen LogP) is 4.76. The van der Waals surface area contributed by atoms with Crippen molar-refractivity contribution in [1.29, 1.82) is 0 Å². The molecular weight excluding hydrogens is 498 g/mol. The molecule has 0 heterocycles. The Morgan fingerprint density at radius 2 is 1.61 bits per heavy atom. The number of amides is 2. The first-order valence-electron chi connectivity index (χ1n) is 13.7. The van der Waals surface area contributed by atoms with Gasteiger partial charge in [-0.15, -0.1) is 0 Å². The van der Waals surface area contributed by atoms with E-state index in [1.54, 1.807) is 11.8 Å². The molecule has 0 aliphatic heterocycles. The van der Waals surface area contributed by atoms with Crippen molar-refractivity contribution in [2.24, 2.45) is 0 Å². The van der Waals surface area contributed by atoms with Gasteiger partial charge in [0.25, 0.3) is 0 Å². The van der Waals surface area contributed by atoms with E-state index >= 15 is 0 Å². The average molecular weight is 542 g/mol. The molecule has 3 rings (SSSR count). The van der Waals surface area contributed by atoms with E-state index in [1.165, 1.54) is 17.0 Å². The number of aryl methyl sites for hydroxylation is 2. The van der Waals surface area contributed by atoms with E-state index in [4.69, 9.17) is 0 Å². The number of carbonyl (C=O) groups is 2. The van der Waals surface area contributed by atoms with Crippen molar-refractivity contribution in [2.45, 2.75) is 84.2 Å². The molecule has 1 aliphatic rings. The van der Waals surface area contributed by atoms with Crippen LogP contribution >= 0.6 is 0 Å². The fraction of sp³-hybridized carbons (Fsp3) is 0.533. The summed E-state index contributed by atoms with van der Waals surface area (Å²) in [6.45, 7) is 6.28. The largest absolute Gasteiger partial charge is 0.352 e. The first-order chi connectivity index (χ1) is 18.0. The number of anilines is 1. The lowest BCUT2D eigenvalue weighted by molar-refractivity contribution is -0.140. The molecule has 7 nitrogen and oxygen atoms in total. The molecule has 0 aromatic heterocycles. The van der Waals surface area contributed by atoms with Crippen LogP contribution in [0.25, 0.3) is 0 Å². The van der Waals surface area contributed by atoms with Crippen LogP contribution in [0, 0.1) is 13.8 Å². The van der Waals surface area contributed by atoms with Crippen LogP contribution in [0.1, 0.15) is 68.6 Å². The monoisotopic (exact) mass is 541 g/mol. The number of sulfonamides is 1. The summed E-state index contributed by atoms with van der Waals surface area (Å²) >= 11 is 0. The molecule has 2 aromatic carbocycles. The van der Waals surface area contributed by atoms with Crippen molar-refractivity contribution in [3.05, 3.63) is 65.2 Å². The summed E-state index contributed by atoms with van der Waals surface area (Å²) in [7, 11) is -3.52. The van der Waals surface area contributed by atoms with Crippen molar-refractivity contribution in [1.82, 2.24) is 10.2 Å². The number of nitrogens with one attached hydrogen (secondary N) is 1. The summed E-state index contributed by atoms with van der Waals surface area (Å²) in [6, 6.07) is 15.2. The second-order valence-electron chi connectivity index (χ2n) is 10.6. The van der Waals surface area contributed by atoms with Gasteiger partial charge in [0.15, 0.2) is 0 Å². The molecule has 208 valence electrons. The molecule has 8 heteroatoms. The van der Waals surface area contributed by atoms with Crippen LogP contribution in [-0.2, 0) is 26.0 Å². The Labute approximate surface area is 228 Å². The highest BCUT2D eigenvalue weighted by molar-refractivity contribution is 7.92. The van der Waals surface area contributed by atoms with Gasteiger partial charge in [-0.1, -0.05) is 55.7 Å². The molecule has 0 radical (unpaired) electrons. The third-order valence-electron chi connectivity index (χ3n) is 7.25. The van der Waals surface area contributed by atoms with E-state index in [0.29, 0.717) is 25.1 Å². The van der Waals surface area contributed by atoms with Gasteiger partial charge in [0.1, 0.15) is 6.04 Å². The first-order valence-corrected chi connectivity index (χ1v) is 15.6. The van der Waals surface area contributed by atoms with Gasteiger partial charge < -0.3 is 10.2 Å². The van der Waals surface area contributed by atoms with Crippen LogP contribution in [0.15, 0.2) is 48.5 Å². The first kappa shape index (κ1) is 29.7. The van der Waals surface area contributed by atoms with Crippen LogP contribution in [0.5, 0.6) is 0 Å². The lowest BCUT2D eigenvalue weighted by Gasteiger charge is -2.31. The Hall–Kier alpha value is -2.87. The average Bonchev–Trinajstić information content (AvgIpc) is 2.86. The number of hydrogen-bond donors (Lipinski definition) is 1. The van der Waals surface area contributed by atoms with Crippen molar-refractivity contribution in [3.8, 4) is 0 Å². The van der Waals surface area contributed by atoms with Crippen molar-refractivity contribution in [3.63, 3.8) is 0 Å². The summed E-state index contributed by atoms with van der Waals surface area (Å²) in [5.74, 6) is -0.257. The van der Waals surface area contributed by atoms with Gasteiger partial charge in [0, 0.05) is 25.6 Å². The lowest BCUT2D eigenvalue weighted by Crippen LogP contribution is -2.51. The molecule has 1 N–H and O–H groups in total. The van der Waals surface area contributed by atoms with E-state index in [1.807, 2.05) is 62.4 Å². The maximum Gasteiger partial charge on any atom is 0.242 e. The highest BCUT2D eigenvalue weighted by Crippen LogP contribution is 2.22. The van der Waals surface area contributed by atoms with Gasteiger partial charge in [-0.05, 0) is 75.3 Å². The minimum atomic E-state index is -3.52. The Bertz CT molecular complexity index is 1160. The summed E-state index contributed by atoms with van der Waals surface area (Å²) in [5, 5.41) is 3.16. The van der Waals surface area contributed by atoms with Crippen LogP contribution in [0.4, 0.5) is 5.69 Å². The second-order valence-corrected chi connectivity index (χ2v) is 12.5. The maximum absolute atomic E-state index is 13.5. The van der Waals surface area contributed by atoms with Crippen molar-refractivity contribution < 1.29 is 18.0 Å². The number of carbonyl (C=O) groups excluding carboxylic acids is 2. The third kappa shape index (κ3) is 8.86. The number of nitrogens with zero attached hydrogens (tertiary/aromatic N) is 2. The van der Waals surface area contributed by atoms with Crippen molar-refractivity contribution in [2.75, 3.05) is 23.7 Å². The van der Waals surface area contributed by atoms with Gasteiger partial charge in [-0.3, -0.25) is 13.9 Å². The topological polar surface area (TPSA) is 86.8 Å². The van der Waals surface area contributed by atoms with Gasteiger partial charge in [0.2, 0.25) is 21.8 Å². The molecule has 0 spiro atoms. The molecule has 0 saturated heterocycles. The zero-order valence-electron chi connectivity index (χ0n) is 23.3.